The van der Waals surface area contributed by atoms with Gasteiger partial charge in [0, 0.05) is 0 Å². The quantitative estimate of drug-likeness (QED) is 0.585. The second-order valence-electron chi connectivity index (χ2n) is 3.20. The lowest BCUT2D eigenvalue weighted by molar-refractivity contribution is 0.101. The molecule has 0 atom stereocenters. The van der Waals surface area contributed by atoms with Crippen molar-refractivity contribution in [3.8, 4) is 5.75 Å². The van der Waals surface area contributed by atoms with E-state index in [-0.39, 0.29) is 11.5 Å². The molecule has 1 aromatic rings. The number of rotatable bonds is 4. The van der Waals surface area contributed by atoms with E-state index in [9.17, 15) is 9.90 Å². The van der Waals surface area contributed by atoms with E-state index in [2.05, 4.69) is 6.58 Å². The highest BCUT2D eigenvalue weighted by atomic mass is 16.3. The first-order chi connectivity index (χ1) is 6.66. The molecule has 2 heteroatoms. The number of carbonyl (C=O) groups excluding carboxylic acids is 1. The Morgan fingerprint density at radius 1 is 1.57 bits per heavy atom. The van der Waals surface area contributed by atoms with Crippen molar-refractivity contribution in [2.75, 3.05) is 0 Å². The van der Waals surface area contributed by atoms with E-state index in [1.54, 1.807) is 18.2 Å². The number of hydrogen-bond donors (Lipinski definition) is 1. The molecule has 0 aliphatic rings. The summed E-state index contributed by atoms with van der Waals surface area (Å²) in [5, 5.41) is 9.73. The van der Waals surface area contributed by atoms with Crippen LogP contribution in [-0.2, 0) is 6.42 Å². The molecular weight excluding hydrogens is 176 g/mol. The fourth-order valence-electron chi connectivity index (χ4n) is 1.33. The minimum absolute atomic E-state index is 0.108. The normalized spacial score (nSPS) is 9.79. The second kappa shape index (κ2) is 4.61. The smallest absolute Gasteiger partial charge is 0.163 e. The van der Waals surface area contributed by atoms with Crippen LogP contribution in [0.2, 0.25) is 0 Å². The number of para-hydroxylation sites is 1. The zero-order chi connectivity index (χ0) is 10.6. The maximum absolute atomic E-state index is 11.1. The van der Waals surface area contributed by atoms with Crippen molar-refractivity contribution in [2.45, 2.75) is 19.8 Å². The van der Waals surface area contributed by atoms with Gasteiger partial charge in [-0.05, 0) is 31.4 Å². The number of phenols is 1. The molecule has 14 heavy (non-hydrogen) atoms. The average molecular weight is 190 g/mol. The third kappa shape index (κ3) is 2.22. The molecule has 0 spiro atoms. The van der Waals surface area contributed by atoms with Crippen LogP contribution in [0.15, 0.2) is 30.9 Å². The summed E-state index contributed by atoms with van der Waals surface area (Å²) in [5.41, 5.74) is 1.20. The van der Waals surface area contributed by atoms with Gasteiger partial charge in [0.2, 0.25) is 0 Å². The molecule has 0 aliphatic heterocycles. The van der Waals surface area contributed by atoms with Crippen molar-refractivity contribution in [3.05, 3.63) is 42.0 Å². The van der Waals surface area contributed by atoms with Gasteiger partial charge in [-0.3, -0.25) is 4.79 Å². The van der Waals surface area contributed by atoms with Crippen LogP contribution in [0.5, 0.6) is 5.75 Å². The van der Waals surface area contributed by atoms with Crippen LogP contribution in [0.1, 0.15) is 29.3 Å². The van der Waals surface area contributed by atoms with Crippen LogP contribution >= 0.6 is 0 Å². The maximum Gasteiger partial charge on any atom is 0.163 e. The van der Waals surface area contributed by atoms with Crippen molar-refractivity contribution < 1.29 is 9.90 Å². The van der Waals surface area contributed by atoms with Gasteiger partial charge in [-0.15, -0.1) is 6.58 Å². The molecule has 2 nitrogen and oxygen atoms in total. The van der Waals surface area contributed by atoms with Gasteiger partial charge in [0.25, 0.3) is 0 Å². The molecule has 0 bridgehead atoms. The molecule has 0 unspecified atom stereocenters. The molecule has 0 saturated heterocycles. The Labute approximate surface area is 83.9 Å². The van der Waals surface area contributed by atoms with Crippen LogP contribution in [0.25, 0.3) is 0 Å². The summed E-state index contributed by atoms with van der Waals surface area (Å²) in [6.07, 6.45) is 3.31. The van der Waals surface area contributed by atoms with Gasteiger partial charge in [0.1, 0.15) is 5.75 Å². The van der Waals surface area contributed by atoms with Gasteiger partial charge >= 0.3 is 0 Å². The standard InChI is InChI=1S/C12H14O2/c1-3-4-6-10-7-5-8-11(9(2)13)12(10)14/h3,5,7-8,14H,1,4,6H2,2H3. The number of allylic oxidation sites excluding steroid dienone is 1. The summed E-state index contributed by atoms with van der Waals surface area (Å²) in [5.74, 6) is 0.00445. The van der Waals surface area contributed by atoms with Crippen molar-refractivity contribution in [1.29, 1.82) is 0 Å². The molecule has 1 rings (SSSR count). The predicted molar refractivity (Wildman–Crippen MR) is 56.6 cm³/mol. The molecule has 0 heterocycles. The number of aromatic hydroxyl groups is 1. The van der Waals surface area contributed by atoms with Gasteiger partial charge in [-0.25, -0.2) is 0 Å². The highest BCUT2D eigenvalue weighted by Gasteiger charge is 2.09. The third-order valence-electron chi connectivity index (χ3n) is 2.12. The van der Waals surface area contributed by atoms with Gasteiger partial charge < -0.3 is 5.11 Å². The first kappa shape index (κ1) is 10.5. The van der Waals surface area contributed by atoms with E-state index in [4.69, 9.17) is 0 Å². The molecule has 0 aromatic heterocycles. The summed E-state index contributed by atoms with van der Waals surface area (Å²) >= 11 is 0. The SMILES string of the molecule is C=CCCc1cccc(C(C)=O)c1O. The van der Waals surface area contributed by atoms with E-state index >= 15 is 0 Å². The van der Waals surface area contributed by atoms with Gasteiger partial charge in [-0.1, -0.05) is 18.2 Å². The monoisotopic (exact) mass is 190 g/mol. The average Bonchev–Trinajstić information content (AvgIpc) is 2.16. The summed E-state index contributed by atoms with van der Waals surface area (Å²) < 4.78 is 0. The number of carbonyl (C=O) groups is 1. The zero-order valence-electron chi connectivity index (χ0n) is 8.29. The lowest BCUT2D eigenvalue weighted by Gasteiger charge is -2.06. The summed E-state index contributed by atoms with van der Waals surface area (Å²) in [4.78, 5) is 11.1. The lowest BCUT2D eigenvalue weighted by atomic mass is 10.0. The Morgan fingerprint density at radius 3 is 2.86 bits per heavy atom. The maximum atomic E-state index is 11.1. The molecule has 0 saturated carbocycles. The van der Waals surface area contributed by atoms with E-state index in [1.807, 2.05) is 6.07 Å². The zero-order valence-corrected chi connectivity index (χ0v) is 8.29. The third-order valence-corrected chi connectivity index (χ3v) is 2.12. The minimum Gasteiger partial charge on any atom is -0.507 e. The summed E-state index contributed by atoms with van der Waals surface area (Å²) in [6, 6.07) is 5.25. The molecule has 0 aliphatic carbocycles. The number of benzene rings is 1. The van der Waals surface area contributed by atoms with Crippen LogP contribution in [-0.4, -0.2) is 10.9 Å². The molecule has 0 amide bonds. The summed E-state index contributed by atoms with van der Waals surface area (Å²) in [6.45, 7) is 5.07. The van der Waals surface area contributed by atoms with E-state index in [1.165, 1.54) is 6.92 Å². The van der Waals surface area contributed by atoms with Gasteiger partial charge in [0.05, 0.1) is 5.56 Å². The molecular formula is C12H14O2. The van der Waals surface area contributed by atoms with Crippen molar-refractivity contribution in [3.63, 3.8) is 0 Å². The Morgan fingerprint density at radius 2 is 2.29 bits per heavy atom. The second-order valence-corrected chi connectivity index (χ2v) is 3.20. The molecule has 1 N–H and O–H groups in total. The first-order valence-corrected chi connectivity index (χ1v) is 4.59. The van der Waals surface area contributed by atoms with E-state index < -0.39 is 0 Å². The van der Waals surface area contributed by atoms with E-state index in [0.29, 0.717) is 5.56 Å². The Balaban J connectivity index is 3.01. The van der Waals surface area contributed by atoms with Crippen molar-refractivity contribution in [2.24, 2.45) is 0 Å². The number of hydrogen-bond acceptors (Lipinski definition) is 2. The molecule has 1 aromatic carbocycles. The van der Waals surface area contributed by atoms with Crippen LogP contribution in [0, 0.1) is 0 Å². The van der Waals surface area contributed by atoms with Crippen molar-refractivity contribution in [1.82, 2.24) is 0 Å². The van der Waals surface area contributed by atoms with Crippen LogP contribution < -0.4 is 0 Å². The topological polar surface area (TPSA) is 37.3 Å². The molecule has 74 valence electrons. The molecule has 0 fully saturated rings. The Hall–Kier alpha value is -1.57. The highest BCUT2D eigenvalue weighted by molar-refractivity contribution is 5.97. The minimum atomic E-state index is -0.108. The largest absolute Gasteiger partial charge is 0.507 e. The van der Waals surface area contributed by atoms with E-state index in [0.717, 1.165) is 18.4 Å². The fraction of sp³-hybridized carbons (Fsp3) is 0.250. The first-order valence-electron chi connectivity index (χ1n) is 4.59. The Bertz CT molecular complexity index is 353. The van der Waals surface area contributed by atoms with Gasteiger partial charge in [0.15, 0.2) is 5.78 Å². The van der Waals surface area contributed by atoms with Crippen LogP contribution in [0.4, 0.5) is 0 Å². The number of Topliss-reactive ketones (excluding diaryl/α,β-unsaturated/α-hetero) is 1. The predicted octanol–water partition coefficient (Wildman–Crippen LogP) is 2.71. The molecule has 0 radical (unpaired) electrons. The lowest BCUT2D eigenvalue weighted by Crippen LogP contribution is -1.95. The van der Waals surface area contributed by atoms with Crippen molar-refractivity contribution >= 4 is 5.78 Å². The summed E-state index contributed by atoms with van der Waals surface area (Å²) in [7, 11) is 0. The highest BCUT2D eigenvalue weighted by Crippen LogP contribution is 2.23. The van der Waals surface area contributed by atoms with Gasteiger partial charge in [-0.2, -0.15) is 0 Å². The Kier molecular flexibility index (Phi) is 3.46. The number of ketones is 1. The number of phenolic OH excluding ortho intramolecular Hbond substituents is 1. The van der Waals surface area contributed by atoms with Crippen LogP contribution in [0.3, 0.4) is 0 Å². The number of aryl methyl sites for hydroxylation is 1. The fourth-order valence-corrected chi connectivity index (χ4v) is 1.33.